The molecule has 1 heterocycles. The number of nitrogens with zero attached hydrogens (tertiary/aromatic N) is 2. The fourth-order valence-electron chi connectivity index (χ4n) is 3.08. The van der Waals surface area contributed by atoms with Crippen molar-refractivity contribution < 1.29 is 8.42 Å². The molecule has 1 aliphatic rings. The Kier molecular flexibility index (Phi) is 5.79. The normalized spacial score (nSPS) is 16.9. The van der Waals surface area contributed by atoms with Crippen LogP contribution in [0.15, 0.2) is 48.5 Å². The summed E-state index contributed by atoms with van der Waals surface area (Å²) in [6.45, 7) is 5.59. The molecule has 25 heavy (non-hydrogen) atoms. The summed E-state index contributed by atoms with van der Waals surface area (Å²) in [4.78, 5) is 2.32. The number of sulfonamides is 1. The van der Waals surface area contributed by atoms with Crippen molar-refractivity contribution in [2.24, 2.45) is 0 Å². The van der Waals surface area contributed by atoms with Gasteiger partial charge in [-0.2, -0.15) is 4.31 Å². The van der Waals surface area contributed by atoms with E-state index in [2.05, 4.69) is 30.0 Å². The molecule has 0 atom stereocenters. The standard InChI is InChI=1S/C19H23ClN2O2S/c1-16-4-2-3-5-18(16)14-21-10-12-22(13-11-21)25(23,24)15-17-6-8-19(20)9-7-17/h2-9H,10-15H2,1H3. The molecule has 0 N–H and O–H groups in total. The minimum Gasteiger partial charge on any atom is -0.296 e. The Labute approximate surface area is 155 Å². The second-order valence-electron chi connectivity index (χ2n) is 6.48. The van der Waals surface area contributed by atoms with Gasteiger partial charge >= 0.3 is 0 Å². The maximum absolute atomic E-state index is 12.6. The Hall–Kier alpha value is -1.40. The summed E-state index contributed by atoms with van der Waals surface area (Å²) < 4.78 is 26.9. The fraction of sp³-hybridized carbons (Fsp3) is 0.368. The van der Waals surface area contributed by atoms with Crippen LogP contribution in [0, 0.1) is 6.92 Å². The number of aryl methyl sites for hydroxylation is 1. The molecule has 2 aromatic carbocycles. The van der Waals surface area contributed by atoms with Gasteiger partial charge in [0.1, 0.15) is 0 Å². The van der Waals surface area contributed by atoms with Gasteiger partial charge in [-0.1, -0.05) is 48.0 Å². The summed E-state index contributed by atoms with van der Waals surface area (Å²) in [6, 6.07) is 15.3. The quantitative estimate of drug-likeness (QED) is 0.801. The number of hydrogen-bond donors (Lipinski definition) is 0. The van der Waals surface area contributed by atoms with E-state index in [1.54, 1.807) is 28.6 Å². The highest BCUT2D eigenvalue weighted by Crippen LogP contribution is 2.17. The number of benzene rings is 2. The van der Waals surface area contributed by atoms with Crippen LogP contribution in [0.5, 0.6) is 0 Å². The van der Waals surface area contributed by atoms with E-state index in [-0.39, 0.29) is 5.75 Å². The minimum absolute atomic E-state index is 0.0297. The molecule has 2 aromatic rings. The van der Waals surface area contributed by atoms with Crippen molar-refractivity contribution in [2.75, 3.05) is 26.2 Å². The lowest BCUT2D eigenvalue weighted by Crippen LogP contribution is -2.48. The van der Waals surface area contributed by atoms with Crippen molar-refractivity contribution >= 4 is 21.6 Å². The number of piperazine rings is 1. The SMILES string of the molecule is Cc1ccccc1CN1CCN(S(=O)(=O)Cc2ccc(Cl)cc2)CC1. The topological polar surface area (TPSA) is 40.6 Å². The lowest BCUT2D eigenvalue weighted by atomic mass is 10.1. The molecule has 0 saturated carbocycles. The Morgan fingerprint density at radius 3 is 2.24 bits per heavy atom. The number of hydrogen-bond acceptors (Lipinski definition) is 3. The molecule has 0 unspecified atom stereocenters. The van der Waals surface area contributed by atoms with Crippen molar-refractivity contribution in [3.63, 3.8) is 0 Å². The average molecular weight is 379 g/mol. The molecule has 0 aromatic heterocycles. The zero-order chi connectivity index (χ0) is 17.9. The van der Waals surface area contributed by atoms with Gasteiger partial charge in [0, 0.05) is 37.7 Å². The molecule has 4 nitrogen and oxygen atoms in total. The molecule has 3 rings (SSSR count). The number of halogens is 1. The first-order chi connectivity index (χ1) is 11.9. The van der Waals surface area contributed by atoms with Crippen LogP contribution in [-0.2, 0) is 22.3 Å². The molecule has 1 aliphatic heterocycles. The van der Waals surface area contributed by atoms with Crippen LogP contribution in [0.3, 0.4) is 0 Å². The van der Waals surface area contributed by atoms with Gasteiger partial charge < -0.3 is 0 Å². The molecule has 0 aliphatic carbocycles. The first kappa shape index (κ1) is 18.4. The van der Waals surface area contributed by atoms with E-state index in [9.17, 15) is 8.42 Å². The van der Waals surface area contributed by atoms with Crippen molar-refractivity contribution in [1.82, 2.24) is 9.21 Å². The molecule has 6 heteroatoms. The third-order valence-corrected chi connectivity index (χ3v) is 6.74. The zero-order valence-electron chi connectivity index (χ0n) is 14.4. The van der Waals surface area contributed by atoms with Gasteiger partial charge in [-0.05, 0) is 35.7 Å². The predicted octanol–water partition coefficient (Wildman–Crippen LogP) is 3.30. The van der Waals surface area contributed by atoms with Crippen molar-refractivity contribution in [2.45, 2.75) is 19.2 Å². The summed E-state index contributed by atoms with van der Waals surface area (Å²) in [5, 5.41) is 0.617. The third kappa shape index (κ3) is 4.82. The first-order valence-electron chi connectivity index (χ1n) is 8.43. The van der Waals surface area contributed by atoms with Crippen LogP contribution in [0.2, 0.25) is 5.02 Å². The minimum atomic E-state index is -3.29. The molecular formula is C19H23ClN2O2S. The molecule has 1 fully saturated rings. The van der Waals surface area contributed by atoms with Gasteiger partial charge in [-0.25, -0.2) is 8.42 Å². The Bertz CT molecular complexity index is 814. The van der Waals surface area contributed by atoms with Crippen LogP contribution >= 0.6 is 11.6 Å². The Balaban J connectivity index is 1.57. The molecule has 1 saturated heterocycles. The monoisotopic (exact) mass is 378 g/mol. The van der Waals surface area contributed by atoms with Gasteiger partial charge in [-0.3, -0.25) is 4.90 Å². The molecule has 0 radical (unpaired) electrons. The Morgan fingerprint density at radius 2 is 1.60 bits per heavy atom. The molecule has 0 bridgehead atoms. The highest BCUT2D eigenvalue weighted by Gasteiger charge is 2.27. The van der Waals surface area contributed by atoms with Gasteiger partial charge in [0.05, 0.1) is 5.75 Å². The summed E-state index contributed by atoms with van der Waals surface area (Å²) in [5.41, 5.74) is 3.35. The fourth-order valence-corrected chi connectivity index (χ4v) is 4.72. The summed E-state index contributed by atoms with van der Waals surface area (Å²) >= 11 is 5.86. The molecule has 0 amide bonds. The van der Waals surface area contributed by atoms with E-state index < -0.39 is 10.0 Å². The van der Waals surface area contributed by atoms with Gasteiger partial charge in [0.25, 0.3) is 0 Å². The first-order valence-corrected chi connectivity index (χ1v) is 10.4. The lowest BCUT2D eigenvalue weighted by Gasteiger charge is -2.34. The average Bonchev–Trinajstić information content (AvgIpc) is 2.59. The summed E-state index contributed by atoms with van der Waals surface area (Å²) in [5.74, 6) is 0.0297. The predicted molar refractivity (Wildman–Crippen MR) is 102 cm³/mol. The van der Waals surface area contributed by atoms with Crippen LogP contribution < -0.4 is 0 Å². The Morgan fingerprint density at radius 1 is 0.960 bits per heavy atom. The second-order valence-corrected chi connectivity index (χ2v) is 8.89. The largest absolute Gasteiger partial charge is 0.296 e. The van der Waals surface area contributed by atoms with Gasteiger partial charge in [-0.15, -0.1) is 0 Å². The van der Waals surface area contributed by atoms with Crippen molar-refractivity contribution in [1.29, 1.82) is 0 Å². The third-order valence-electron chi connectivity index (χ3n) is 4.64. The molecular weight excluding hydrogens is 356 g/mol. The highest BCUT2D eigenvalue weighted by atomic mass is 35.5. The van der Waals surface area contributed by atoms with Gasteiger partial charge in [0.15, 0.2) is 0 Å². The maximum atomic E-state index is 12.6. The number of rotatable bonds is 5. The highest BCUT2D eigenvalue weighted by molar-refractivity contribution is 7.88. The van der Waals surface area contributed by atoms with Crippen LogP contribution in [0.4, 0.5) is 0 Å². The molecule has 0 spiro atoms. The summed E-state index contributed by atoms with van der Waals surface area (Å²) in [7, 11) is -3.29. The summed E-state index contributed by atoms with van der Waals surface area (Å²) in [6.07, 6.45) is 0. The second kappa shape index (κ2) is 7.87. The van der Waals surface area contributed by atoms with E-state index in [1.165, 1.54) is 11.1 Å². The lowest BCUT2D eigenvalue weighted by molar-refractivity contribution is 0.181. The zero-order valence-corrected chi connectivity index (χ0v) is 15.9. The van der Waals surface area contributed by atoms with Crippen molar-refractivity contribution in [3.05, 3.63) is 70.2 Å². The van der Waals surface area contributed by atoms with E-state index in [4.69, 9.17) is 11.6 Å². The van der Waals surface area contributed by atoms with E-state index >= 15 is 0 Å². The smallest absolute Gasteiger partial charge is 0.218 e. The van der Waals surface area contributed by atoms with Crippen molar-refractivity contribution in [3.8, 4) is 0 Å². The van der Waals surface area contributed by atoms with Gasteiger partial charge in [0.2, 0.25) is 10.0 Å². The molecule has 134 valence electrons. The maximum Gasteiger partial charge on any atom is 0.218 e. The van der Waals surface area contributed by atoms with E-state index in [1.807, 2.05) is 6.07 Å². The van der Waals surface area contributed by atoms with Crippen LogP contribution in [0.25, 0.3) is 0 Å². The van der Waals surface area contributed by atoms with Crippen LogP contribution in [0.1, 0.15) is 16.7 Å². The van der Waals surface area contributed by atoms with E-state index in [0.29, 0.717) is 18.1 Å². The van der Waals surface area contributed by atoms with E-state index in [0.717, 1.165) is 25.2 Å². The van der Waals surface area contributed by atoms with Crippen LogP contribution in [-0.4, -0.2) is 43.8 Å².